The quantitative estimate of drug-likeness (QED) is 0.261. The average Bonchev–Trinajstić information content (AvgIpc) is 2.92. The van der Waals surface area contributed by atoms with E-state index in [1.54, 1.807) is 42.5 Å². The van der Waals surface area contributed by atoms with Crippen LogP contribution in [0.5, 0.6) is 0 Å². The Hall–Kier alpha value is -4.30. The van der Waals surface area contributed by atoms with E-state index in [-0.39, 0.29) is 30.0 Å². The van der Waals surface area contributed by atoms with Crippen LogP contribution in [-0.4, -0.2) is 41.6 Å². The van der Waals surface area contributed by atoms with Crippen molar-refractivity contribution in [2.75, 3.05) is 5.32 Å². The summed E-state index contributed by atoms with van der Waals surface area (Å²) in [6.07, 6.45) is -2.36. The molecule has 1 amide bonds. The topological polar surface area (TPSA) is 116 Å². The number of carbonyl (C=O) groups is 5. The maximum atomic E-state index is 12.4. The van der Waals surface area contributed by atoms with Crippen molar-refractivity contribution in [1.29, 1.82) is 0 Å². The fraction of sp³-hybridized carbons (Fsp3) is 0.207. The van der Waals surface area contributed by atoms with Crippen LogP contribution in [0.25, 0.3) is 0 Å². The molecule has 0 saturated heterocycles. The van der Waals surface area contributed by atoms with Crippen LogP contribution in [-0.2, 0) is 19.1 Å². The van der Waals surface area contributed by atoms with E-state index in [4.69, 9.17) is 21.1 Å². The second-order valence-electron chi connectivity index (χ2n) is 8.41. The summed E-state index contributed by atoms with van der Waals surface area (Å²) in [5, 5.41) is 3.10. The molecule has 3 aromatic carbocycles. The first-order chi connectivity index (χ1) is 18.1. The molecule has 3 aromatic rings. The van der Waals surface area contributed by atoms with Gasteiger partial charge in [-0.1, -0.05) is 41.9 Å². The van der Waals surface area contributed by atoms with Gasteiger partial charge in [-0.05, 0) is 62.4 Å². The highest BCUT2D eigenvalue weighted by atomic mass is 35.5. The van der Waals surface area contributed by atoms with Gasteiger partial charge in [0.1, 0.15) is 0 Å². The van der Waals surface area contributed by atoms with Crippen molar-refractivity contribution in [2.24, 2.45) is 0 Å². The highest BCUT2D eigenvalue weighted by Gasteiger charge is 2.21. The van der Waals surface area contributed by atoms with Crippen molar-refractivity contribution in [3.63, 3.8) is 0 Å². The van der Waals surface area contributed by atoms with Gasteiger partial charge in [0.05, 0.1) is 12.0 Å². The number of anilines is 1. The van der Waals surface area contributed by atoms with E-state index in [1.165, 1.54) is 50.2 Å². The maximum absolute atomic E-state index is 12.4. The van der Waals surface area contributed by atoms with E-state index in [2.05, 4.69) is 5.32 Å². The van der Waals surface area contributed by atoms with E-state index >= 15 is 0 Å². The minimum absolute atomic E-state index is 0.163. The Balaban J connectivity index is 1.43. The number of Topliss-reactive ketones (excluding diaryl/α,β-unsaturated/α-hetero) is 2. The van der Waals surface area contributed by atoms with Crippen molar-refractivity contribution in [2.45, 2.75) is 38.9 Å². The predicted molar refractivity (Wildman–Crippen MR) is 141 cm³/mol. The van der Waals surface area contributed by atoms with Crippen LogP contribution < -0.4 is 5.32 Å². The Morgan fingerprint density at radius 3 is 1.82 bits per heavy atom. The van der Waals surface area contributed by atoms with Crippen molar-refractivity contribution in [3.8, 4) is 0 Å². The van der Waals surface area contributed by atoms with Gasteiger partial charge in [0.15, 0.2) is 12.2 Å². The van der Waals surface area contributed by atoms with Gasteiger partial charge < -0.3 is 14.8 Å². The normalized spacial score (nSPS) is 12.1. The molecule has 196 valence electrons. The number of ketones is 2. The molecule has 0 aliphatic heterocycles. The molecule has 0 aliphatic carbocycles. The lowest BCUT2D eigenvalue weighted by Gasteiger charge is -2.13. The maximum Gasteiger partial charge on any atom is 0.338 e. The third kappa shape index (κ3) is 8.11. The number of halogens is 1. The fourth-order valence-corrected chi connectivity index (χ4v) is 3.53. The predicted octanol–water partition coefficient (Wildman–Crippen LogP) is 5.30. The van der Waals surface area contributed by atoms with Gasteiger partial charge in [-0.15, -0.1) is 0 Å². The van der Waals surface area contributed by atoms with Gasteiger partial charge in [0, 0.05) is 28.3 Å². The highest BCUT2D eigenvalue weighted by Crippen LogP contribution is 2.15. The molecule has 2 atom stereocenters. The molecule has 0 fully saturated rings. The largest absolute Gasteiger partial charge is 0.454 e. The Labute approximate surface area is 224 Å². The number of hydrogen-bond donors (Lipinski definition) is 1. The summed E-state index contributed by atoms with van der Waals surface area (Å²) in [7, 11) is 0. The van der Waals surface area contributed by atoms with E-state index in [0.717, 1.165) is 0 Å². The molecule has 0 radical (unpaired) electrons. The summed E-state index contributed by atoms with van der Waals surface area (Å²) < 4.78 is 10.4. The van der Waals surface area contributed by atoms with Gasteiger partial charge in [-0.3, -0.25) is 19.2 Å². The number of benzene rings is 3. The molecular formula is C29H26ClNO7. The Morgan fingerprint density at radius 2 is 1.21 bits per heavy atom. The lowest BCUT2D eigenvalue weighted by Crippen LogP contribution is -2.25. The molecule has 0 aromatic heterocycles. The second-order valence-corrected chi connectivity index (χ2v) is 8.84. The molecular weight excluding hydrogens is 510 g/mol. The number of ether oxygens (including phenoxy) is 2. The third-order valence-corrected chi connectivity index (χ3v) is 5.73. The van der Waals surface area contributed by atoms with E-state index in [0.29, 0.717) is 21.8 Å². The third-order valence-electron chi connectivity index (χ3n) is 5.48. The van der Waals surface area contributed by atoms with Gasteiger partial charge in [0.2, 0.25) is 17.5 Å². The Kier molecular flexibility index (Phi) is 9.90. The van der Waals surface area contributed by atoms with E-state index < -0.39 is 30.1 Å². The molecule has 0 aliphatic rings. The van der Waals surface area contributed by atoms with Crippen molar-refractivity contribution >= 4 is 46.7 Å². The number of nitrogens with one attached hydrogen (secondary N) is 1. The highest BCUT2D eigenvalue weighted by molar-refractivity contribution is 6.30. The average molecular weight is 536 g/mol. The van der Waals surface area contributed by atoms with E-state index in [9.17, 15) is 24.0 Å². The lowest BCUT2D eigenvalue weighted by molar-refractivity contribution is -0.147. The van der Waals surface area contributed by atoms with Crippen LogP contribution in [0.1, 0.15) is 57.8 Å². The summed E-state index contributed by atoms with van der Waals surface area (Å²) in [5.74, 6) is -2.50. The first kappa shape index (κ1) is 28.3. The smallest absolute Gasteiger partial charge is 0.338 e. The van der Waals surface area contributed by atoms with Crippen molar-refractivity contribution in [3.05, 3.63) is 101 Å². The Morgan fingerprint density at radius 1 is 0.684 bits per heavy atom. The monoisotopic (exact) mass is 535 g/mol. The van der Waals surface area contributed by atoms with Crippen LogP contribution in [0.15, 0.2) is 78.9 Å². The zero-order valence-corrected chi connectivity index (χ0v) is 21.6. The molecule has 9 heteroatoms. The number of amides is 1. The summed E-state index contributed by atoms with van der Waals surface area (Å²) in [4.78, 5) is 61.5. The number of carbonyl (C=O) groups excluding carboxylic acids is 5. The van der Waals surface area contributed by atoms with Gasteiger partial charge in [-0.25, -0.2) is 4.79 Å². The minimum atomic E-state index is -1.01. The zero-order chi connectivity index (χ0) is 27.7. The molecule has 1 N–H and O–H groups in total. The molecule has 0 saturated carbocycles. The first-order valence-electron chi connectivity index (χ1n) is 11.8. The summed E-state index contributed by atoms with van der Waals surface area (Å²) in [6.45, 7) is 2.96. The van der Waals surface area contributed by atoms with Crippen LogP contribution >= 0.6 is 11.6 Å². The molecule has 0 spiro atoms. The summed E-state index contributed by atoms with van der Waals surface area (Å²) in [6, 6.07) is 20.6. The van der Waals surface area contributed by atoms with Gasteiger partial charge >= 0.3 is 11.9 Å². The summed E-state index contributed by atoms with van der Waals surface area (Å²) >= 11 is 5.81. The number of rotatable bonds is 11. The van der Waals surface area contributed by atoms with Gasteiger partial charge in [0.25, 0.3) is 0 Å². The van der Waals surface area contributed by atoms with Crippen LogP contribution in [0.2, 0.25) is 5.02 Å². The second kappa shape index (κ2) is 13.3. The molecule has 0 bridgehead atoms. The van der Waals surface area contributed by atoms with Crippen LogP contribution in [0, 0.1) is 0 Å². The molecule has 8 nitrogen and oxygen atoms in total. The SMILES string of the molecule is C[C@H](OC(=O)c1ccc(NC(=O)CCC(=O)O[C@H](C)C(=O)c2ccc(Cl)cc2)cc1)C(=O)c1ccccc1. The van der Waals surface area contributed by atoms with Crippen molar-refractivity contribution in [1.82, 2.24) is 0 Å². The summed E-state index contributed by atoms with van der Waals surface area (Å²) in [5.41, 5.74) is 1.41. The van der Waals surface area contributed by atoms with Crippen molar-refractivity contribution < 1.29 is 33.4 Å². The Bertz CT molecular complexity index is 1310. The minimum Gasteiger partial charge on any atom is -0.454 e. The standard InChI is InChI=1S/C29H26ClNO7/c1-18(27(34)21-8-12-23(30)13-9-21)37-26(33)17-16-25(32)31-24-14-10-22(11-15-24)29(36)38-19(2)28(35)20-6-4-3-5-7-20/h3-15,18-19H,16-17H2,1-2H3,(H,31,32)/t18-,19+/m1/s1. The molecule has 0 heterocycles. The van der Waals surface area contributed by atoms with Gasteiger partial charge in [-0.2, -0.15) is 0 Å². The fourth-order valence-electron chi connectivity index (χ4n) is 3.41. The molecule has 38 heavy (non-hydrogen) atoms. The van der Waals surface area contributed by atoms with Crippen LogP contribution in [0.3, 0.4) is 0 Å². The van der Waals surface area contributed by atoms with Crippen LogP contribution in [0.4, 0.5) is 5.69 Å². The van der Waals surface area contributed by atoms with E-state index in [1.807, 2.05) is 0 Å². The first-order valence-corrected chi connectivity index (χ1v) is 12.2. The molecule has 3 rings (SSSR count). The lowest BCUT2D eigenvalue weighted by atomic mass is 10.1. The zero-order valence-electron chi connectivity index (χ0n) is 20.8. The molecule has 0 unspecified atom stereocenters. The number of esters is 2. The number of hydrogen-bond acceptors (Lipinski definition) is 7.